The molecule has 0 amide bonds. The number of rotatable bonds is 6. The number of hydrogen-bond donors (Lipinski definition) is 2. The summed E-state index contributed by atoms with van der Waals surface area (Å²) in [6.07, 6.45) is 1.48. The maximum absolute atomic E-state index is 11.8. The molecule has 2 atom stereocenters. The van der Waals surface area contributed by atoms with Gasteiger partial charge in [0.25, 0.3) is 5.56 Å². The Hall–Kier alpha value is -2.22. The lowest BCUT2D eigenvalue weighted by Crippen LogP contribution is -2.65. The van der Waals surface area contributed by atoms with E-state index in [2.05, 4.69) is 34.3 Å². The number of nitrogens with zero attached hydrogens (tertiary/aromatic N) is 3. The second-order valence-electron chi connectivity index (χ2n) is 6.94. The Morgan fingerprint density at radius 2 is 2.15 bits per heavy atom. The summed E-state index contributed by atoms with van der Waals surface area (Å²) in [5.41, 5.74) is 0.469. The first-order chi connectivity index (χ1) is 12.5. The average Bonchev–Trinajstić information content (AvgIpc) is 2.66. The molecule has 0 spiro atoms. The Morgan fingerprint density at radius 1 is 1.38 bits per heavy atom. The van der Waals surface area contributed by atoms with Crippen LogP contribution in [0.15, 0.2) is 47.5 Å². The highest BCUT2D eigenvalue weighted by atomic mass is 16.5. The summed E-state index contributed by atoms with van der Waals surface area (Å²) >= 11 is 0. The van der Waals surface area contributed by atoms with E-state index in [-0.39, 0.29) is 18.2 Å². The molecule has 0 radical (unpaired) electrons. The van der Waals surface area contributed by atoms with E-state index in [9.17, 15) is 9.90 Å². The summed E-state index contributed by atoms with van der Waals surface area (Å²) in [6.45, 7) is 4.24. The van der Waals surface area contributed by atoms with Gasteiger partial charge in [-0.3, -0.25) is 9.69 Å². The Kier molecular flexibility index (Phi) is 5.70. The molecule has 3 rings (SSSR count). The van der Waals surface area contributed by atoms with Gasteiger partial charge in [-0.15, -0.1) is 0 Å². The highest BCUT2D eigenvalue weighted by Gasteiger charge is 2.42. The Balaban J connectivity index is 1.80. The lowest BCUT2D eigenvalue weighted by Gasteiger charge is -2.49. The number of nitrogens with one attached hydrogen (secondary N) is 1. The molecule has 2 heterocycles. The minimum absolute atomic E-state index is 0.0536. The van der Waals surface area contributed by atoms with E-state index in [0.717, 1.165) is 6.54 Å². The van der Waals surface area contributed by atoms with Crippen LogP contribution in [-0.2, 0) is 18.3 Å². The zero-order valence-corrected chi connectivity index (χ0v) is 15.3. The zero-order valence-electron chi connectivity index (χ0n) is 15.3. The number of benzene rings is 1. The van der Waals surface area contributed by atoms with Gasteiger partial charge in [0, 0.05) is 32.2 Å². The summed E-state index contributed by atoms with van der Waals surface area (Å²) < 4.78 is 7.18. The molecule has 0 bridgehead atoms. The van der Waals surface area contributed by atoms with Crippen LogP contribution >= 0.6 is 0 Å². The minimum atomic E-state index is -0.587. The summed E-state index contributed by atoms with van der Waals surface area (Å²) in [5, 5.41) is 13.4. The molecule has 2 aromatic rings. The predicted octanol–water partition coefficient (Wildman–Crippen LogP) is 0.844. The van der Waals surface area contributed by atoms with E-state index in [0.29, 0.717) is 25.6 Å². The van der Waals surface area contributed by atoms with Crippen molar-refractivity contribution in [2.75, 3.05) is 31.7 Å². The van der Waals surface area contributed by atoms with Gasteiger partial charge in [-0.25, -0.2) is 4.98 Å². The number of aliphatic hydroxyl groups is 1. The highest BCUT2D eigenvalue weighted by Crippen LogP contribution is 2.27. The molecular formula is C19H26N4O3. The van der Waals surface area contributed by atoms with Crippen LogP contribution in [0.1, 0.15) is 12.5 Å². The third-order valence-electron chi connectivity index (χ3n) is 4.94. The van der Waals surface area contributed by atoms with Crippen LogP contribution in [0.2, 0.25) is 0 Å². The number of morpholine rings is 1. The van der Waals surface area contributed by atoms with Crippen LogP contribution in [0.5, 0.6) is 0 Å². The molecular weight excluding hydrogens is 332 g/mol. The predicted molar refractivity (Wildman–Crippen MR) is 100 cm³/mol. The second-order valence-corrected chi connectivity index (χ2v) is 6.94. The number of hydrogen-bond acceptors (Lipinski definition) is 6. The van der Waals surface area contributed by atoms with Gasteiger partial charge in [0.05, 0.1) is 31.7 Å². The molecule has 1 aromatic heterocycles. The molecule has 7 nitrogen and oxygen atoms in total. The fourth-order valence-corrected chi connectivity index (χ4v) is 3.32. The van der Waals surface area contributed by atoms with E-state index in [1.807, 2.05) is 18.2 Å². The van der Waals surface area contributed by atoms with Crippen molar-refractivity contribution in [2.24, 2.45) is 7.05 Å². The maximum Gasteiger partial charge on any atom is 0.255 e. The fourth-order valence-electron chi connectivity index (χ4n) is 3.32. The lowest BCUT2D eigenvalue weighted by molar-refractivity contribution is -0.117. The second kappa shape index (κ2) is 7.99. The van der Waals surface area contributed by atoms with Gasteiger partial charge in [-0.1, -0.05) is 30.3 Å². The lowest BCUT2D eigenvalue weighted by atomic mass is 9.94. The van der Waals surface area contributed by atoms with Gasteiger partial charge in [-0.05, 0) is 12.5 Å². The third-order valence-corrected chi connectivity index (χ3v) is 4.94. The fraction of sp³-hybridized carbons (Fsp3) is 0.474. The summed E-state index contributed by atoms with van der Waals surface area (Å²) in [6, 6.07) is 11.8. The molecule has 0 saturated carbocycles. The quantitative estimate of drug-likeness (QED) is 0.797. The summed E-state index contributed by atoms with van der Waals surface area (Å²) in [5.74, 6) is 0.499. The van der Waals surface area contributed by atoms with Crippen LogP contribution in [0.25, 0.3) is 0 Å². The first-order valence-corrected chi connectivity index (χ1v) is 8.80. The zero-order chi connectivity index (χ0) is 18.6. The van der Waals surface area contributed by atoms with E-state index < -0.39 is 5.54 Å². The van der Waals surface area contributed by atoms with Crippen LogP contribution < -0.4 is 10.9 Å². The Labute approximate surface area is 153 Å². The maximum atomic E-state index is 11.8. The highest BCUT2D eigenvalue weighted by molar-refractivity contribution is 5.33. The average molecular weight is 358 g/mol. The van der Waals surface area contributed by atoms with Gasteiger partial charge in [0.15, 0.2) is 0 Å². The first-order valence-electron chi connectivity index (χ1n) is 8.80. The van der Waals surface area contributed by atoms with Crippen molar-refractivity contribution < 1.29 is 9.84 Å². The molecule has 1 aromatic carbocycles. The minimum Gasteiger partial charge on any atom is -0.394 e. The SMILES string of the molecule is C[C@@H]1COC[C@@](CO)(CNc2cc(=O)n(C)cn2)N1Cc1ccccc1. The van der Waals surface area contributed by atoms with Crippen LogP contribution in [-0.4, -0.2) is 57.5 Å². The van der Waals surface area contributed by atoms with Crippen molar-refractivity contribution in [1.29, 1.82) is 0 Å². The normalized spacial score (nSPS) is 23.7. The number of ether oxygens (including phenoxy) is 1. The van der Waals surface area contributed by atoms with Gasteiger partial charge < -0.3 is 19.7 Å². The smallest absolute Gasteiger partial charge is 0.255 e. The van der Waals surface area contributed by atoms with Crippen LogP contribution in [0.3, 0.4) is 0 Å². The molecule has 0 aliphatic carbocycles. The molecule has 1 aliphatic rings. The van der Waals surface area contributed by atoms with E-state index in [4.69, 9.17) is 4.74 Å². The Bertz CT molecular complexity index is 780. The standard InChI is InChI=1S/C19H26N4O3/c1-15-10-26-13-19(12-24,23(15)9-16-6-4-3-5-7-16)11-20-17-8-18(25)22(2)14-21-17/h3-8,14-15,20,24H,9-13H2,1-2H3/t15-,19+/m1/s1. The van der Waals surface area contributed by atoms with Crippen molar-refractivity contribution in [1.82, 2.24) is 14.5 Å². The van der Waals surface area contributed by atoms with Crippen molar-refractivity contribution >= 4 is 5.82 Å². The van der Waals surface area contributed by atoms with Gasteiger partial charge >= 0.3 is 0 Å². The van der Waals surface area contributed by atoms with Gasteiger partial charge in [0.2, 0.25) is 0 Å². The summed E-state index contributed by atoms with van der Waals surface area (Å²) in [7, 11) is 1.66. The first kappa shape index (κ1) is 18.6. The van der Waals surface area contributed by atoms with E-state index in [1.54, 1.807) is 7.05 Å². The molecule has 0 unspecified atom stereocenters. The van der Waals surface area contributed by atoms with Crippen molar-refractivity contribution in [3.8, 4) is 0 Å². The van der Waals surface area contributed by atoms with E-state index in [1.165, 1.54) is 22.5 Å². The topological polar surface area (TPSA) is 79.6 Å². The number of aryl methyl sites for hydroxylation is 1. The molecule has 7 heteroatoms. The van der Waals surface area contributed by atoms with Crippen molar-refractivity contribution in [2.45, 2.75) is 25.0 Å². The van der Waals surface area contributed by atoms with Crippen LogP contribution in [0, 0.1) is 0 Å². The van der Waals surface area contributed by atoms with Crippen LogP contribution in [0.4, 0.5) is 5.82 Å². The van der Waals surface area contributed by atoms with Gasteiger partial charge in [-0.2, -0.15) is 0 Å². The van der Waals surface area contributed by atoms with E-state index >= 15 is 0 Å². The number of aromatic nitrogens is 2. The summed E-state index contributed by atoms with van der Waals surface area (Å²) in [4.78, 5) is 18.3. The molecule has 2 N–H and O–H groups in total. The molecule has 1 saturated heterocycles. The molecule has 26 heavy (non-hydrogen) atoms. The van der Waals surface area contributed by atoms with Crippen molar-refractivity contribution in [3.63, 3.8) is 0 Å². The molecule has 1 fully saturated rings. The Morgan fingerprint density at radius 3 is 2.85 bits per heavy atom. The monoisotopic (exact) mass is 358 g/mol. The van der Waals surface area contributed by atoms with Crippen molar-refractivity contribution in [3.05, 3.63) is 58.6 Å². The largest absolute Gasteiger partial charge is 0.394 e. The molecule has 140 valence electrons. The number of aliphatic hydroxyl groups excluding tert-OH is 1. The van der Waals surface area contributed by atoms with Gasteiger partial charge in [0.1, 0.15) is 5.82 Å². The number of anilines is 1. The third kappa shape index (κ3) is 3.95. The molecule has 1 aliphatic heterocycles.